The van der Waals surface area contributed by atoms with Gasteiger partial charge in [0.15, 0.2) is 0 Å². The van der Waals surface area contributed by atoms with Gasteiger partial charge in [-0.1, -0.05) is 12.0 Å². The maximum Gasteiger partial charge on any atom is 0.337 e. The number of aromatic carboxylic acids is 1. The van der Waals surface area contributed by atoms with Crippen LogP contribution < -0.4 is 10.6 Å². The van der Waals surface area contributed by atoms with Crippen LogP contribution in [0.4, 0.5) is 10.5 Å². The van der Waals surface area contributed by atoms with Crippen molar-refractivity contribution in [1.29, 1.82) is 0 Å². The number of carbonyl (C=O) groups is 2. The molecule has 0 aliphatic carbocycles. The number of nitrogens with one attached hydrogen (secondary N) is 2. The Morgan fingerprint density at radius 3 is 2.40 bits per heavy atom. The highest BCUT2D eigenvalue weighted by atomic mass is 16.4. The molecule has 1 aromatic carbocycles. The van der Waals surface area contributed by atoms with Gasteiger partial charge in [0, 0.05) is 0 Å². The third kappa shape index (κ3) is 3.75. The van der Waals surface area contributed by atoms with Gasteiger partial charge in [0.25, 0.3) is 0 Å². The first-order valence-electron chi connectivity index (χ1n) is 6.08. The number of amides is 2. The molecule has 0 aliphatic rings. The van der Waals surface area contributed by atoms with Gasteiger partial charge in [0.05, 0.1) is 16.8 Å². The SMILES string of the molecule is C#CC(C)(C)NC(=O)Nc1c(C)cc(C)cc1C(=O)O. The van der Waals surface area contributed by atoms with Crippen LogP contribution in [-0.2, 0) is 0 Å². The molecule has 0 unspecified atom stereocenters. The van der Waals surface area contributed by atoms with E-state index in [2.05, 4.69) is 16.6 Å². The molecular weight excluding hydrogens is 256 g/mol. The summed E-state index contributed by atoms with van der Waals surface area (Å²) >= 11 is 0. The molecule has 0 saturated heterocycles. The zero-order valence-electron chi connectivity index (χ0n) is 12.0. The molecule has 106 valence electrons. The van der Waals surface area contributed by atoms with Crippen LogP contribution in [0.5, 0.6) is 0 Å². The Morgan fingerprint density at radius 2 is 1.90 bits per heavy atom. The monoisotopic (exact) mass is 274 g/mol. The second kappa shape index (κ2) is 5.66. The summed E-state index contributed by atoms with van der Waals surface area (Å²) in [5.74, 6) is 1.34. The van der Waals surface area contributed by atoms with Crippen LogP contribution in [-0.4, -0.2) is 22.6 Å². The summed E-state index contributed by atoms with van der Waals surface area (Å²) < 4.78 is 0. The summed E-state index contributed by atoms with van der Waals surface area (Å²) in [6.07, 6.45) is 5.29. The molecule has 0 heterocycles. The standard InChI is InChI=1S/C15H18N2O3/c1-6-15(4,5)17-14(20)16-12-10(3)7-9(2)8-11(12)13(18)19/h1,7-8H,2-5H3,(H,18,19)(H2,16,17,20). The molecule has 5 nitrogen and oxygen atoms in total. The van der Waals surface area contributed by atoms with Crippen LogP contribution in [0.2, 0.25) is 0 Å². The lowest BCUT2D eigenvalue weighted by atomic mass is 10.0. The summed E-state index contributed by atoms with van der Waals surface area (Å²) in [6.45, 7) is 6.88. The minimum Gasteiger partial charge on any atom is -0.478 e. The van der Waals surface area contributed by atoms with Gasteiger partial charge in [0.1, 0.15) is 0 Å². The number of benzene rings is 1. The molecule has 0 atom stereocenters. The van der Waals surface area contributed by atoms with E-state index in [1.807, 2.05) is 0 Å². The van der Waals surface area contributed by atoms with Crippen LogP contribution in [0.25, 0.3) is 0 Å². The van der Waals surface area contributed by atoms with Crippen LogP contribution in [0.15, 0.2) is 12.1 Å². The topological polar surface area (TPSA) is 78.4 Å². The van der Waals surface area contributed by atoms with E-state index in [1.54, 1.807) is 33.8 Å². The highest BCUT2D eigenvalue weighted by molar-refractivity contribution is 6.01. The van der Waals surface area contributed by atoms with Crippen molar-refractivity contribution in [3.63, 3.8) is 0 Å². The molecule has 1 aromatic rings. The number of carboxylic acid groups (broad SMARTS) is 1. The van der Waals surface area contributed by atoms with Gasteiger partial charge >= 0.3 is 12.0 Å². The number of anilines is 1. The number of carboxylic acids is 1. The Morgan fingerprint density at radius 1 is 1.30 bits per heavy atom. The minimum absolute atomic E-state index is 0.0520. The molecule has 5 heteroatoms. The van der Waals surface area contributed by atoms with Gasteiger partial charge in [-0.2, -0.15) is 0 Å². The average Bonchev–Trinajstić information content (AvgIpc) is 2.31. The Labute approximate surface area is 118 Å². The Kier molecular flexibility index (Phi) is 4.41. The smallest absolute Gasteiger partial charge is 0.337 e. The van der Waals surface area contributed by atoms with Crippen molar-refractivity contribution >= 4 is 17.7 Å². The predicted octanol–water partition coefficient (Wildman–Crippen LogP) is 2.53. The fourth-order valence-corrected chi connectivity index (χ4v) is 1.77. The molecule has 0 aliphatic heterocycles. The molecule has 3 N–H and O–H groups in total. The lowest BCUT2D eigenvalue weighted by Gasteiger charge is -2.21. The Bertz CT molecular complexity index is 598. The summed E-state index contributed by atoms with van der Waals surface area (Å²) in [5.41, 5.74) is 1.00. The quantitative estimate of drug-likeness (QED) is 0.741. The first-order valence-corrected chi connectivity index (χ1v) is 6.08. The first kappa shape index (κ1) is 15.6. The molecule has 0 fully saturated rings. The fraction of sp³-hybridized carbons (Fsp3) is 0.333. The van der Waals surface area contributed by atoms with Gasteiger partial charge in [-0.3, -0.25) is 0 Å². The van der Waals surface area contributed by atoms with E-state index in [0.717, 1.165) is 5.56 Å². The summed E-state index contributed by atoms with van der Waals surface area (Å²) in [6, 6.07) is 2.77. The number of terminal acetylenes is 1. The van der Waals surface area contributed by atoms with Crippen molar-refractivity contribution < 1.29 is 14.7 Å². The predicted molar refractivity (Wildman–Crippen MR) is 77.9 cm³/mol. The van der Waals surface area contributed by atoms with E-state index in [0.29, 0.717) is 5.56 Å². The lowest BCUT2D eigenvalue weighted by molar-refractivity contribution is 0.0698. The lowest BCUT2D eigenvalue weighted by Crippen LogP contribution is -2.44. The number of carbonyl (C=O) groups excluding carboxylic acids is 1. The van der Waals surface area contributed by atoms with Crippen LogP contribution in [0.3, 0.4) is 0 Å². The zero-order valence-corrected chi connectivity index (χ0v) is 12.0. The van der Waals surface area contributed by atoms with Crippen molar-refractivity contribution in [2.24, 2.45) is 0 Å². The number of rotatable bonds is 3. The molecule has 20 heavy (non-hydrogen) atoms. The summed E-state index contributed by atoms with van der Waals surface area (Å²) in [5, 5.41) is 14.3. The molecule has 0 bridgehead atoms. The molecule has 0 saturated carbocycles. The summed E-state index contributed by atoms with van der Waals surface area (Å²) in [4.78, 5) is 23.1. The van der Waals surface area contributed by atoms with Crippen molar-refractivity contribution in [3.05, 3.63) is 28.8 Å². The number of aryl methyl sites for hydroxylation is 2. The normalized spacial score (nSPS) is 10.6. The van der Waals surface area contributed by atoms with E-state index in [4.69, 9.17) is 6.42 Å². The maximum atomic E-state index is 11.9. The second-order valence-electron chi connectivity index (χ2n) is 5.16. The van der Waals surface area contributed by atoms with E-state index in [9.17, 15) is 14.7 Å². The van der Waals surface area contributed by atoms with Crippen molar-refractivity contribution in [2.45, 2.75) is 33.2 Å². The van der Waals surface area contributed by atoms with Crippen molar-refractivity contribution in [3.8, 4) is 12.3 Å². The van der Waals surface area contributed by atoms with E-state index < -0.39 is 17.5 Å². The Hall–Kier alpha value is -2.48. The van der Waals surface area contributed by atoms with Crippen LogP contribution in [0.1, 0.15) is 35.3 Å². The molecule has 1 rings (SSSR count). The van der Waals surface area contributed by atoms with Gasteiger partial charge < -0.3 is 15.7 Å². The third-order valence-electron chi connectivity index (χ3n) is 2.74. The second-order valence-corrected chi connectivity index (χ2v) is 5.16. The zero-order chi connectivity index (χ0) is 15.5. The van der Waals surface area contributed by atoms with Crippen molar-refractivity contribution in [1.82, 2.24) is 5.32 Å². The minimum atomic E-state index is -1.09. The van der Waals surface area contributed by atoms with Gasteiger partial charge in [-0.25, -0.2) is 9.59 Å². The molecule has 2 amide bonds. The van der Waals surface area contributed by atoms with E-state index >= 15 is 0 Å². The summed E-state index contributed by atoms with van der Waals surface area (Å²) in [7, 11) is 0. The highest BCUT2D eigenvalue weighted by Crippen LogP contribution is 2.23. The number of urea groups is 1. The fourth-order valence-electron chi connectivity index (χ4n) is 1.77. The molecule has 0 spiro atoms. The van der Waals surface area contributed by atoms with Gasteiger partial charge in [0.2, 0.25) is 0 Å². The molecule has 0 radical (unpaired) electrons. The number of hydrogen-bond acceptors (Lipinski definition) is 2. The highest BCUT2D eigenvalue weighted by Gasteiger charge is 2.20. The van der Waals surface area contributed by atoms with Gasteiger partial charge in [-0.15, -0.1) is 6.42 Å². The number of hydrogen-bond donors (Lipinski definition) is 3. The van der Waals surface area contributed by atoms with Gasteiger partial charge in [-0.05, 0) is 44.9 Å². The van der Waals surface area contributed by atoms with Crippen LogP contribution >= 0.6 is 0 Å². The molecule has 0 aromatic heterocycles. The average molecular weight is 274 g/mol. The molecular formula is C15H18N2O3. The van der Waals surface area contributed by atoms with E-state index in [1.165, 1.54) is 6.07 Å². The first-order chi connectivity index (χ1) is 9.16. The maximum absolute atomic E-state index is 11.9. The largest absolute Gasteiger partial charge is 0.478 e. The Balaban J connectivity index is 3.07. The van der Waals surface area contributed by atoms with Crippen LogP contribution in [0, 0.1) is 26.2 Å². The third-order valence-corrected chi connectivity index (χ3v) is 2.74. The van der Waals surface area contributed by atoms with E-state index in [-0.39, 0.29) is 11.3 Å². The van der Waals surface area contributed by atoms with Crippen molar-refractivity contribution in [2.75, 3.05) is 5.32 Å².